The van der Waals surface area contributed by atoms with Crippen molar-refractivity contribution in [3.63, 3.8) is 0 Å². The van der Waals surface area contributed by atoms with Gasteiger partial charge in [0.25, 0.3) is 5.97 Å². The van der Waals surface area contributed by atoms with Crippen LogP contribution in [0.1, 0.15) is 27.7 Å². The lowest BCUT2D eigenvalue weighted by molar-refractivity contribution is -0.134. The highest BCUT2D eigenvalue weighted by Crippen LogP contribution is 1.94. The van der Waals surface area contributed by atoms with Crippen LogP contribution in [-0.2, 0) is 4.79 Å². The van der Waals surface area contributed by atoms with Crippen LogP contribution in [0, 0.1) is 5.92 Å². The summed E-state index contributed by atoms with van der Waals surface area (Å²) in [6.07, 6.45) is 3.49. The van der Waals surface area contributed by atoms with Gasteiger partial charge in [-0.1, -0.05) is 26.0 Å². The lowest BCUT2D eigenvalue weighted by atomic mass is 10.2. The van der Waals surface area contributed by atoms with Crippen LogP contribution in [0.5, 0.6) is 0 Å². The molecule has 1 unspecified atom stereocenters. The van der Waals surface area contributed by atoms with Crippen LogP contribution in [0.2, 0.25) is 0 Å². The van der Waals surface area contributed by atoms with Crippen LogP contribution in [0.3, 0.4) is 0 Å². The molecule has 2 N–H and O–H groups in total. The first-order valence-corrected chi connectivity index (χ1v) is 3.92. The lowest BCUT2D eigenvalue weighted by Gasteiger charge is -1.95. The third kappa shape index (κ3) is 35.2. The Hall–Kier alpha value is -0.830. The topological polar surface area (TPSA) is 57.5 Å². The molecule has 0 aliphatic heterocycles. The Morgan fingerprint density at radius 1 is 1.25 bits per heavy atom. The minimum atomic E-state index is -0.833. The average Bonchev–Trinajstić information content (AvgIpc) is 1.82. The predicted molar refractivity (Wildman–Crippen MR) is 49.0 cm³/mol. The van der Waals surface area contributed by atoms with Gasteiger partial charge < -0.3 is 10.2 Å². The van der Waals surface area contributed by atoms with Crippen molar-refractivity contribution in [1.82, 2.24) is 0 Å². The molecule has 0 bridgehead atoms. The number of aliphatic carboxylic acids is 1. The zero-order valence-corrected chi connectivity index (χ0v) is 8.11. The van der Waals surface area contributed by atoms with E-state index in [0.29, 0.717) is 5.92 Å². The van der Waals surface area contributed by atoms with E-state index < -0.39 is 5.97 Å². The van der Waals surface area contributed by atoms with E-state index >= 15 is 0 Å². The van der Waals surface area contributed by atoms with Gasteiger partial charge in [-0.2, -0.15) is 0 Å². The molecular formula is C9H18O3. The van der Waals surface area contributed by atoms with Crippen molar-refractivity contribution >= 4 is 5.97 Å². The third-order valence-electron chi connectivity index (χ3n) is 0.775. The van der Waals surface area contributed by atoms with Crippen molar-refractivity contribution < 1.29 is 15.0 Å². The first-order valence-electron chi connectivity index (χ1n) is 3.92. The van der Waals surface area contributed by atoms with Crippen LogP contribution < -0.4 is 0 Å². The number of rotatable bonds is 2. The third-order valence-corrected chi connectivity index (χ3v) is 0.775. The zero-order chi connectivity index (χ0) is 10.1. The first kappa shape index (κ1) is 13.7. The van der Waals surface area contributed by atoms with Crippen molar-refractivity contribution in [2.45, 2.75) is 33.8 Å². The fourth-order valence-corrected chi connectivity index (χ4v) is 0.383. The molecule has 0 aliphatic carbocycles. The molecule has 0 radical (unpaired) electrons. The van der Waals surface area contributed by atoms with Gasteiger partial charge in [0, 0.05) is 6.92 Å². The molecule has 0 rings (SSSR count). The number of carboxylic acid groups (broad SMARTS) is 1. The zero-order valence-electron chi connectivity index (χ0n) is 8.11. The van der Waals surface area contributed by atoms with E-state index in [9.17, 15) is 0 Å². The van der Waals surface area contributed by atoms with Gasteiger partial charge in [-0.25, -0.2) is 0 Å². The molecule has 0 heterocycles. The maximum Gasteiger partial charge on any atom is 0.300 e. The standard InChI is InChI=1S/C7H14O.C2H4O2/c1-6(2)4-5-7(3)8;1-2(3)4/h4-8H,1-3H3;1H3,(H,3,4). The van der Waals surface area contributed by atoms with Gasteiger partial charge in [0.15, 0.2) is 0 Å². The van der Waals surface area contributed by atoms with Gasteiger partial charge >= 0.3 is 0 Å². The number of aliphatic hydroxyl groups is 1. The lowest BCUT2D eigenvalue weighted by Crippen LogP contribution is -1.92. The SMILES string of the molecule is CC(=O)O.CC(C)C=CC(C)O. The molecule has 3 heteroatoms. The molecule has 0 spiro atoms. The summed E-state index contributed by atoms with van der Waals surface area (Å²) in [6, 6.07) is 0. The van der Waals surface area contributed by atoms with Crippen molar-refractivity contribution in [1.29, 1.82) is 0 Å². The molecule has 3 nitrogen and oxygen atoms in total. The van der Waals surface area contributed by atoms with Crippen molar-refractivity contribution in [2.24, 2.45) is 5.92 Å². The second-order valence-electron chi connectivity index (χ2n) is 2.89. The minimum absolute atomic E-state index is 0.294. The first-order chi connectivity index (χ1) is 5.36. The molecule has 0 saturated carbocycles. The predicted octanol–water partition coefficient (Wildman–Crippen LogP) is 1.67. The molecule has 72 valence electrons. The van der Waals surface area contributed by atoms with E-state index in [2.05, 4.69) is 13.8 Å². The van der Waals surface area contributed by atoms with Gasteiger partial charge in [-0.3, -0.25) is 4.79 Å². The Balaban J connectivity index is 0. The van der Waals surface area contributed by atoms with Gasteiger partial charge in [0.05, 0.1) is 6.10 Å². The number of carboxylic acids is 1. The molecule has 0 amide bonds. The molecule has 0 aromatic carbocycles. The largest absolute Gasteiger partial charge is 0.481 e. The molecule has 0 aromatic heterocycles. The van der Waals surface area contributed by atoms with E-state index in [1.165, 1.54) is 0 Å². The van der Waals surface area contributed by atoms with Gasteiger partial charge in [-0.05, 0) is 12.8 Å². The fourth-order valence-electron chi connectivity index (χ4n) is 0.383. The fraction of sp³-hybridized carbons (Fsp3) is 0.667. The summed E-state index contributed by atoms with van der Waals surface area (Å²) in [7, 11) is 0. The number of allylic oxidation sites excluding steroid dienone is 1. The molecule has 0 saturated heterocycles. The van der Waals surface area contributed by atoms with Gasteiger partial charge in [0.2, 0.25) is 0 Å². The van der Waals surface area contributed by atoms with Gasteiger partial charge in [-0.15, -0.1) is 0 Å². The van der Waals surface area contributed by atoms with Crippen LogP contribution in [0.4, 0.5) is 0 Å². The van der Waals surface area contributed by atoms with Crippen molar-refractivity contribution in [3.05, 3.63) is 12.2 Å². The minimum Gasteiger partial charge on any atom is -0.481 e. The molecule has 0 fully saturated rings. The normalized spacial score (nSPS) is 12.5. The van der Waals surface area contributed by atoms with E-state index in [0.717, 1.165) is 6.92 Å². The quantitative estimate of drug-likeness (QED) is 0.626. The summed E-state index contributed by atoms with van der Waals surface area (Å²) in [6.45, 7) is 7.00. The van der Waals surface area contributed by atoms with Crippen molar-refractivity contribution in [2.75, 3.05) is 0 Å². The summed E-state index contributed by atoms with van der Waals surface area (Å²) in [5, 5.41) is 16.1. The van der Waals surface area contributed by atoms with Crippen LogP contribution in [-0.4, -0.2) is 22.3 Å². The maximum atomic E-state index is 9.00. The molecule has 1 atom stereocenters. The summed E-state index contributed by atoms with van der Waals surface area (Å²) < 4.78 is 0. The number of hydrogen-bond acceptors (Lipinski definition) is 2. The monoisotopic (exact) mass is 174 g/mol. The number of hydrogen-bond donors (Lipinski definition) is 2. The highest BCUT2D eigenvalue weighted by atomic mass is 16.4. The van der Waals surface area contributed by atoms with E-state index in [1.54, 1.807) is 13.0 Å². The summed E-state index contributed by atoms with van der Waals surface area (Å²) in [5.74, 6) is -0.287. The summed E-state index contributed by atoms with van der Waals surface area (Å²) in [4.78, 5) is 9.00. The maximum absolute atomic E-state index is 9.00. The molecule has 0 aliphatic rings. The van der Waals surface area contributed by atoms with E-state index in [-0.39, 0.29) is 6.10 Å². The highest BCUT2D eigenvalue weighted by Gasteiger charge is 1.86. The summed E-state index contributed by atoms with van der Waals surface area (Å²) in [5.41, 5.74) is 0. The van der Waals surface area contributed by atoms with Crippen LogP contribution in [0.25, 0.3) is 0 Å². The van der Waals surface area contributed by atoms with Crippen LogP contribution >= 0.6 is 0 Å². The number of carbonyl (C=O) groups is 1. The van der Waals surface area contributed by atoms with Crippen LogP contribution in [0.15, 0.2) is 12.2 Å². The Labute approximate surface area is 73.7 Å². The van der Waals surface area contributed by atoms with E-state index in [4.69, 9.17) is 15.0 Å². The second-order valence-corrected chi connectivity index (χ2v) is 2.89. The molecule has 12 heavy (non-hydrogen) atoms. The van der Waals surface area contributed by atoms with Crippen molar-refractivity contribution in [3.8, 4) is 0 Å². The number of aliphatic hydroxyl groups excluding tert-OH is 1. The van der Waals surface area contributed by atoms with Gasteiger partial charge in [0.1, 0.15) is 0 Å². The highest BCUT2D eigenvalue weighted by molar-refractivity contribution is 5.62. The van der Waals surface area contributed by atoms with E-state index in [1.807, 2.05) is 6.08 Å². The Morgan fingerprint density at radius 3 is 1.67 bits per heavy atom. The Kier molecular flexibility index (Phi) is 9.47. The second kappa shape index (κ2) is 8.27. The Morgan fingerprint density at radius 2 is 1.58 bits per heavy atom. The Bertz CT molecular complexity index is 123. The summed E-state index contributed by atoms with van der Waals surface area (Å²) >= 11 is 0. The molecule has 0 aromatic rings. The smallest absolute Gasteiger partial charge is 0.300 e. The average molecular weight is 174 g/mol. The molecular weight excluding hydrogens is 156 g/mol.